The second kappa shape index (κ2) is 6.54. The monoisotopic (exact) mass is 347 g/mol. The SMILES string of the molecule is CCc1cc2nc3c(cc2c(CC)c1CC)CCc1cc(P)ccc1-3. The molecule has 1 atom stereocenters. The van der Waals surface area contributed by atoms with Crippen LogP contribution in [0.25, 0.3) is 22.2 Å². The molecular weight excluding hydrogens is 321 g/mol. The summed E-state index contributed by atoms with van der Waals surface area (Å²) in [6.45, 7) is 6.82. The Balaban J connectivity index is 2.02. The number of nitrogens with zero attached hydrogens (tertiary/aromatic N) is 1. The number of pyridine rings is 1. The molecular formula is C23H26NP. The lowest BCUT2D eigenvalue weighted by Crippen LogP contribution is -2.09. The molecule has 0 amide bonds. The first-order chi connectivity index (χ1) is 12.2. The summed E-state index contributed by atoms with van der Waals surface area (Å²) in [7, 11) is 2.81. The van der Waals surface area contributed by atoms with Gasteiger partial charge < -0.3 is 0 Å². The van der Waals surface area contributed by atoms with E-state index in [-0.39, 0.29) is 0 Å². The number of benzene rings is 2. The average molecular weight is 347 g/mol. The van der Waals surface area contributed by atoms with Crippen molar-refractivity contribution in [3.05, 3.63) is 58.1 Å². The van der Waals surface area contributed by atoms with Crippen LogP contribution < -0.4 is 5.30 Å². The van der Waals surface area contributed by atoms with Crippen molar-refractivity contribution < 1.29 is 0 Å². The molecule has 0 saturated carbocycles. The van der Waals surface area contributed by atoms with Gasteiger partial charge in [-0.15, -0.1) is 9.24 Å². The molecule has 1 aliphatic rings. The fourth-order valence-corrected chi connectivity index (χ4v) is 4.73. The van der Waals surface area contributed by atoms with Crippen LogP contribution in [0.4, 0.5) is 0 Å². The number of hydrogen-bond acceptors (Lipinski definition) is 1. The van der Waals surface area contributed by atoms with E-state index in [2.05, 4.69) is 60.3 Å². The first-order valence-corrected chi connectivity index (χ1v) is 10.1. The minimum atomic E-state index is 1.08. The van der Waals surface area contributed by atoms with Crippen LogP contribution in [-0.4, -0.2) is 4.98 Å². The minimum absolute atomic E-state index is 1.08. The van der Waals surface area contributed by atoms with Crippen molar-refractivity contribution in [3.63, 3.8) is 0 Å². The van der Waals surface area contributed by atoms with E-state index >= 15 is 0 Å². The van der Waals surface area contributed by atoms with Crippen molar-refractivity contribution in [2.45, 2.75) is 52.9 Å². The smallest absolute Gasteiger partial charge is 0.0744 e. The molecule has 0 N–H and O–H groups in total. The largest absolute Gasteiger partial charge is 0.247 e. The van der Waals surface area contributed by atoms with Gasteiger partial charge in [-0.3, -0.25) is 0 Å². The first kappa shape index (κ1) is 16.7. The van der Waals surface area contributed by atoms with Gasteiger partial charge in [0.15, 0.2) is 0 Å². The van der Waals surface area contributed by atoms with Crippen molar-refractivity contribution in [1.29, 1.82) is 0 Å². The number of fused-ring (bicyclic) bond motifs is 4. The minimum Gasteiger partial charge on any atom is -0.247 e. The molecule has 1 aliphatic carbocycles. The van der Waals surface area contributed by atoms with Crippen LogP contribution in [0.2, 0.25) is 0 Å². The Morgan fingerprint density at radius 2 is 1.64 bits per heavy atom. The van der Waals surface area contributed by atoms with Crippen molar-refractivity contribution in [1.82, 2.24) is 4.98 Å². The van der Waals surface area contributed by atoms with E-state index in [1.807, 2.05) is 0 Å². The lowest BCUT2D eigenvalue weighted by Gasteiger charge is -2.22. The topological polar surface area (TPSA) is 12.9 Å². The van der Waals surface area contributed by atoms with E-state index in [1.54, 1.807) is 5.56 Å². The summed E-state index contributed by atoms with van der Waals surface area (Å²) in [6.07, 6.45) is 5.49. The third-order valence-corrected chi connectivity index (χ3v) is 6.01. The lowest BCUT2D eigenvalue weighted by atomic mass is 9.86. The predicted octanol–water partition coefficient (Wildman–Crippen LogP) is 5.19. The zero-order valence-corrected chi connectivity index (χ0v) is 16.6. The molecule has 1 nitrogen and oxygen atoms in total. The number of aryl methyl sites for hydroxylation is 4. The molecule has 0 bridgehead atoms. The maximum absolute atomic E-state index is 5.17. The molecule has 0 spiro atoms. The molecule has 0 saturated heterocycles. The highest BCUT2D eigenvalue weighted by Crippen LogP contribution is 2.36. The third kappa shape index (κ3) is 2.70. The van der Waals surface area contributed by atoms with Crippen LogP contribution in [0.3, 0.4) is 0 Å². The second-order valence-electron chi connectivity index (χ2n) is 7.03. The molecule has 1 heterocycles. The fraction of sp³-hybridized carbons (Fsp3) is 0.348. The Hall–Kier alpha value is -1.72. The molecule has 0 radical (unpaired) electrons. The van der Waals surface area contributed by atoms with Crippen molar-refractivity contribution in [2.75, 3.05) is 0 Å². The van der Waals surface area contributed by atoms with Gasteiger partial charge in [0.05, 0.1) is 11.2 Å². The highest BCUT2D eigenvalue weighted by molar-refractivity contribution is 7.27. The number of rotatable bonds is 3. The lowest BCUT2D eigenvalue weighted by molar-refractivity contribution is 0.931. The van der Waals surface area contributed by atoms with E-state index in [1.165, 1.54) is 49.7 Å². The van der Waals surface area contributed by atoms with Gasteiger partial charge in [0, 0.05) is 10.9 Å². The quantitative estimate of drug-likeness (QED) is 0.594. The summed E-state index contributed by atoms with van der Waals surface area (Å²) in [4.78, 5) is 5.17. The van der Waals surface area contributed by atoms with E-state index in [0.717, 1.165) is 32.1 Å². The van der Waals surface area contributed by atoms with E-state index in [0.29, 0.717) is 0 Å². The van der Waals surface area contributed by atoms with Crippen LogP contribution in [0, 0.1) is 0 Å². The molecule has 2 heteroatoms. The summed E-state index contributed by atoms with van der Waals surface area (Å²) in [6, 6.07) is 11.5. The summed E-state index contributed by atoms with van der Waals surface area (Å²) in [5, 5.41) is 2.64. The molecule has 0 fully saturated rings. The Morgan fingerprint density at radius 3 is 2.36 bits per heavy atom. The second-order valence-corrected chi connectivity index (χ2v) is 7.70. The molecule has 4 rings (SSSR count). The molecule has 1 unspecified atom stereocenters. The van der Waals surface area contributed by atoms with Crippen LogP contribution in [0.5, 0.6) is 0 Å². The first-order valence-electron chi connectivity index (χ1n) is 9.52. The summed E-state index contributed by atoms with van der Waals surface area (Å²) in [5.74, 6) is 0. The van der Waals surface area contributed by atoms with Crippen LogP contribution in [0.1, 0.15) is 48.6 Å². The van der Waals surface area contributed by atoms with Gasteiger partial charge in [-0.2, -0.15) is 0 Å². The van der Waals surface area contributed by atoms with Gasteiger partial charge >= 0.3 is 0 Å². The van der Waals surface area contributed by atoms with Crippen LogP contribution >= 0.6 is 9.24 Å². The molecule has 1 aromatic heterocycles. The standard InChI is InChI=1S/C23H26NP/c1-4-14-13-22-21(19(6-3)18(14)5-2)12-16-8-7-15-11-17(25)9-10-20(15)23(16)24-22/h9-13H,4-8,25H2,1-3H3. The normalized spacial score (nSPS) is 13.0. The number of aromatic nitrogens is 1. The van der Waals surface area contributed by atoms with Crippen molar-refractivity contribution in [2.24, 2.45) is 0 Å². The van der Waals surface area contributed by atoms with Gasteiger partial charge in [0.2, 0.25) is 0 Å². The summed E-state index contributed by atoms with van der Waals surface area (Å²) >= 11 is 0. The summed E-state index contributed by atoms with van der Waals surface area (Å²) in [5.41, 5.74) is 11.1. The fourth-order valence-electron chi connectivity index (χ4n) is 4.43. The predicted molar refractivity (Wildman–Crippen MR) is 112 cm³/mol. The number of hydrogen-bond donors (Lipinski definition) is 0. The zero-order valence-electron chi connectivity index (χ0n) is 15.4. The van der Waals surface area contributed by atoms with Crippen molar-refractivity contribution in [3.8, 4) is 11.3 Å². The van der Waals surface area contributed by atoms with Gasteiger partial charge in [-0.1, -0.05) is 39.0 Å². The average Bonchev–Trinajstić information content (AvgIpc) is 2.64. The molecule has 3 aromatic rings. The van der Waals surface area contributed by atoms with Gasteiger partial charge in [0.25, 0.3) is 0 Å². The van der Waals surface area contributed by atoms with Crippen LogP contribution in [0.15, 0.2) is 30.3 Å². The van der Waals surface area contributed by atoms with E-state index < -0.39 is 0 Å². The molecule has 2 aromatic carbocycles. The molecule has 25 heavy (non-hydrogen) atoms. The molecule has 0 aliphatic heterocycles. The van der Waals surface area contributed by atoms with Gasteiger partial charge in [-0.05, 0) is 77.4 Å². The van der Waals surface area contributed by atoms with E-state index in [4.69, 9.17) is 4.98 Å². The Morgan fingerprint density at radius 1 is 0.880 bits per heavy atom. The Labute approximate surface area is 153 Å². The van der Waals surface area contributed by atoms with Crippen molar-refractivity contribution >= 4 is 25.4 Å². The van der Waals surface area contributed by atoms with Crippen LogP contribution in [-0.2, 0) is 32.1 Å². The highest BCUT2D eigenvalue weighted by atomic mass is 31.0. The highest BCUT2D eigenvalue weighted by Gasteiger charge is 2.20. The van der Waals surface area contributed by atoms with Gasteiger partial charge in [0.1, 0.15) is 0 Å². The Kier molecular flexibility index (Phi) is 4.38. The maximum atomic E-state index is 5.17. The Bertz CT molecular complexity index is 972. The zero-order chi connectivity index (χ0) is 17.6. The summed E-state index contributed by atoms with van der Waals surface area (Å²) < 4.78 is 0. The van der Waals surface area contributed by atoms with Gasteiger partial charge in [-0.25, -0.2) is 4.98 Å². The van der Waals surface area contributed by atoms with E-state index in [9.17, 15) is 0 Å². The third-order valence-electron chi connectivity index (χ3n) is 5.66. The molecule has 128 valence electrons. The maximum Gasteiger partial charge on any atom is 0.0744 e.